The van der Waals surface area contributed by atoms with Crippen molar-refractivity contribution in [2.24, 2.45) is 0 Å². The molecular weight excluding hydrogens is 354 g/mol. The largest absolute Gasteiger partial charge is 0.368 e. The van der Waals surface area contributed by atoms with Crippen LogP contribution in [0, 0.1) is 0 Å². The molecule has 144 valence electrons. The molecular formula is C23H30ClN3. The van der Waals surface area contributed by atoms with E-state index in [0.717, 1.165) is 31.2 Å². The van der Waals surface area contributed by atoms with Gasteiger partial charge < -0.3 is 14.7 Å². The van der Waals surface area contributed by atoms with E-state index in [1.165, 1.54) is 62.3 Å². The number of likely N-dealkylation sites (tertiary alicyclic amines) is 1. The van der Waals surface area contributed by atoms with Crippen LogP contribution < -0.4 is 9.80 Å². The van der Waals surface area contributed by atoms with Crippen molar-refractivity contribution in [1.82, 2.24) is 4.90 Å². The SMILES string of the molecule is Clc1ccc(CN2CCN(CCCN3CCCCC3)c3ccccc32)cc1. The van der Waals surface area contributed by atoms with E-state index in [1.54, 1.807) is 0 Å². The van der Waals surface area contributed by atoms with Crippen LogP contribution in [0.3, 0.4) is 0 Å². The Hall–Kier alpha value is -1.71. The Labute approximate surface area is 168 Å². The van der Waals surface area contributed by atoms with E-state index in [2.05, 4.69) is 51.1 Å². The van der Waals surface area contributed by atoms with Crippen LogP contribution in [0.4, 0.5) is 11.4 Å². The molecule has 3 nitrogen and oxygen atoms in total. The van der Waals surface area contributed by atoms with Gasteiger partial charge in [-0.2, -0.15) is 0 Å². The van der Waals surface area contributed by atoms with E-state index < -0.39 is 0 Å². The van der Waals surface area contributed by atoms with Crippen molar-refractivity contribution in [2.45, 2.75) is 32.2 Å². The molecule has 1 saturated heterocycles. The van der Waals surface area contributed by atoms with Gasteiger partial charge in [-0.05, 0) is 68.7 Å². The van der Waals surface area contributed by atoms with Crippen LogP contribution in [-0.4, -0.2) is 44.2 Å². The first-order valence-electron chi connectivity index (χ1n) is 10.4. The fourth-order valence-electron chi connectivity index (χ4n) is 4.36. The minimum Gasteiger partial charge on any atom is -0.368 e. The Morgan fingerprint density at radius 3 is 2.11 bits per heavy atom. The molecule has 2 heterocycles. The molecule has 0 N–H and O–H groups in total. The van der Waals surface area contributed by atoms with E-state index in [0.29, 0.717) is 0 Å². The number of para-hydroxylation sites is 2. The number of benzene rings is 2. The lowest BCUT2D eigenvalue weighted by Gasteiger charge is -2.39. The van der Waals surface area contributed by atoms with Gasteiger partial charge in [0.25, 0.3) is 0 Å². The zero-order chi connectivity index (χ0) is 18.5. The van der Waals surface area contributed by atoms with E-state index in [4.69, 9.17) is 11.6 Å². The van der Waals surface area contributed by atoms with Gasteiger partial charge >= 0.3 is 0 Å². The number of hydrogen-bond acceptors (Lipinski definition) is 3. The monoisotopic (exact) mass is 383 g/mol. The minimum atomic E-state index is 0.803. The zero-order valence-corrected chi connectivity index (χ0v) is 16.9. The number of fused-ring (bicyclic) bond motifs is 1. The van der Waals surface area contributed by atoms with Crippen LogP contribution in [0.25, 0.3) is 0 Å². The normalized spacial score (nSPS) is 17.8. The van der Waals surface area contributed by atoms with Crippen molar-refractivity contribution >= 4 is 23.0 Å². The highest BCUT2D eigenvalue weighted by Gasteiger charge is 2.22. The number of anilines is 2. The molecule has 0 aromatic heterocycles. The van der Waals surface area contributed by atoms with Crippen LogP contribution in [0.2, 0.25) is 5.02 Å². The molecule has 0 unspecified atom stereocenters. The maximum Gasteiger partial charge on any atom is 0.0607 e. The van der Waals surface area contributed by atoms with Gasteiger partial charge in [-0.15, -0.1) is 0 Å². The van der Waals surface area contributed by atoms with E-state index in [1.807, 2.05) is 12.1 Å². The Morgan fingerprint density at radius 2 is 1.37 bits per heavy atom. The summed E-state index contributed by atoms with van der Waals surface area (Å²) in [5, 5.41) is 0.803. The van der Waals surface area contributed by atoms with Crippen molar-refractivity contribution in [3.8, 4) is 0 Å². The van der Waals surface area contributed by atoms with Crippen LogP contribution >= 0.6 is 11.6 Å². The molecule has 0 amide bonds. The Kier molecular flexibility index (Phi) is 6.21. The van der Waals surface area contributed by atoms with Crippen LogP contribution in [0.1, 0.15) is 31.2 Å². The van der Waals surface area contributed by atoms with Gasteiger partial charge in [-0.1, -0.05) is 42.3 Å². The van der Waals surface area contributed by atoms with Crippen molar-refractivity contribution in [3.05, 3.63) is 59.1 Å². The predicted molar refractivity (Wildman–Crippen MR) is 116 cm³/mol. The smallest absolute Gasteiger partial charge is 0.0607 e. The Morgan fingerprint density at radius 1 is 0.704 bits per heavy atom. The van der Waals surface area contributed by atoms with Gasteiger partial charge in [-0.25, -0.2) is 0 Å². The molecule has 0 aliphatic carbocycles. The molecule has 0 bridgehead atoms. The minimum absolute atomic E-state index is 0.803. The number of piperidine rings is 1. The molecule has 0 atom stereocenters. The van der Waals surface area contributed by atoms with Crippen molar-refractivity contribution in [1.29, 1.82) is 0 Å². The third-order valence-corrected chi connectivity index (χ3v) is 6.09. The second-order valence-electron chi connectivity index (χ2n) is 7.78. The predicted octanol–water partition coefficient (Wildman–Crippen LogP) is 5.04. The highest BCUT2D eigenvalue weighted by atomic mass is 35.5. The second kappa shape index (κ2) is 8.99. The van der Waals surface area contributed by atoms with Crippen molar-refractivity contribution in [2.75, 3.05) is 49.1 Å². The Balaban J connectivity index is 1.39. The molecule has 0 radical (unpaired) electrons. The lowest BCUT2D eigenvalue weighted by molar-refractivity contribution is 0.227. The van der Waals surface area contributed by atoms with Crippen LogP contribution in [0.5, 0.6) is 0 Å². The Bertz CT molecular complexity index is 725. The number of hydrogen-bond donors (Lipinski definition) is 0. The molecule has 4 heteroatoms. The topological polar surface area (TPSA) is 9.72 Å². The first-order valence-corrected chi connectivity index (χ1v) is 10.7. The standard InChI is InChI=1S/C23H30ClN3/c24-21-11-9-20(10-12-21)19-27-18-17-26(22-7-2-3-8-23(22)27)16-6-15-25-13-4-1-5-14-25/h2-3,7-12H,1,4-6,13-19H2. The van der Waals surface area contributed by atoms with E-state index in [9.17, 15) is 0 Å². The molecule has 27 heavy (non-hydrogen) atoms. The number of rotatable bonds is 6. The van der Waals surface area contributed by atoms with Gasteiger partial charge in [0.1, 0.15) is 0 Å². The molecule has 4 rings (SSSR count). The lowest BCUT2D eigenvalue weighted by atomic mass is 10.1. The fourth-order valence-corrected chi connectivity index (χ4v) is 4.48. The summed E-state index contributed by atoms with van der Waals surface area (Å²) < 4.78 is 0. The average Bonchev–Trinajstić information content (AvgIpc) is 2.72. The summed E-state index contributed by atoms with van der Waals surface area (Å²) >= 11 is 6.04. The maximum atomic E-state index is 6.04. The van der Waals surface area contributed by atoms with Gasteiger partial charge in [0.2, 0.25) is 0 Å². The molecule has 2 aliphatic rings. The number of halogens is 1. The third kappa shape index (κ3) is 4.77. The molecule has 0 spiro atoms. The molecule has 2 aromatic rings. The molecule has 2 aromatic carbocycles. The molecule has 1 fully saturated rings. The van der Waals surface area contributed by atoms with Gasteiger partial charge in [0, 0.05) is 31.2 Å². The average molecular weight is 384 g/mol. The second-order valence-corrected chi connectivity index (χ2v) is 8.22. The summed E-state index contributed by atoms with van der Waals surface area (Å²) in [6.45, 7) is 8.11. The van der Waals surface area contributed by atoms with Crippen LogP contribution in [0.15, 0.2) is 48.5 Å². The highest BCUT2D eigenvalue weighted by molar-refractivity contribution is 6.30. The van der Waals surface area contributed by atoms with E-state index in [-0.39, 0.29) is 0 Å². The summed E-state index contributed by atoms with van der Waals surface area (Å²) in [7, 11) is 0. The quantitative estimate of drug-likeness (QED) is 0.691. The first-order chi connectivity index (χ1) is 13.3. The maximum absolute atomic E-state index is 6.04. The van der Waals surface area contributed by atoms with Crippen molar-refractivity contribution in [3.63, 3.8) is 0 Å². The van der Waals surface area contributed by atoms with Crippen molar-refractivity contribution < 1.29 is 0 Å². The summed E-state index contributed by atoms with van der Waals surface area (Å²) in [5.74, 6) is 0. The summed E-state index contributed by atoms with van der Waals surface area (Å²) in [6.07, 6.45) is 5.43. The highest BCUT2D eigenvalue weighted by Crippen LogP contribution is 2.34. The van der Waals surface area contributed by atoms with Gasteiger partial charge in [0.15, 0.2) is 0 Å². The summed E-state index contributed by atoms with van der Waals surface area (Å²) in [4.78, 5) is 7.73. The summed E-state index contributed by atoms with van der Waals surface area (Å²) in [5.41, 5.74) is 4.06. The first kappa shape index (κ1) is 18.6. The fraction of sp³-hybridized carbons (Fsp3) is 0.478. The summed E-state index contributed by atoms with van der Waals surface area (Å²) in [6, 6.07) is 17.1. The van der Waals surface area contributed by atoms with Crippen LogP contribution in [-0.2, 0) is 6.54 Å². The van der Waals surface area contributed by atoms with Gasteiger partial charge in [-0.3, -0.25) is 0 Å². The number of nitrogens with zero attached hydrogens (tertiary/aromatic N) is 3. The molecule has 0 saturated carbocycles. The zero-order valence-electron chi connectivity index (χ0n) is 16.1. The molecule has 2 aliphatic heterocycles. The van der Waals surface area contributed by atoms with Gasteiger partial charge in [0.05, 0.1) is 11.4 Å². The third-order valence-electron chi connectivity index (χ3n) is 5.84. The van der Waals surface area contributed by atoms with E-state index >= 15 is 0 Å². The lowest BCUT2D eigenvalue weighted by Crippen LogP contribution is -2.42.